The highest BCUT2D eigenvalue weighted by molar-refractivity contribution is 5.98. The number of aryl methyl sites for hydroxylation is 2. The van der Waals surface area contributed by atoms with E-state index in [4.69, 9.17) is 0 Å². The molecule has 0 radical (unpaired) electrons. The van der Waals surface area contributed by atoms with Gasteiger partial charge in [-0.1, -0.05) is 0 Å². The average Bonchev–Trinajstić information content (AvgIpc) is 2.90. The van der Waals surface area contributed by atoms with E-state index in [0.29, 0.717) is 5.69 Å². The molecule has 1 aliphatic rings. The Morgan fingerprint density at radius 2 is 2.05 bits per heavy atom. The summed E-state index contributed by atoms with van der Waals surface area (Å²) in [5.74, 6) is -1.13. The third-order valence-electron chi connectivity index (χ3n) is 3.05. The predicted molar refractivity (Wildman–Crippen MR) is 63.1 cm³/mol. The molecule has 1 aromatic heterocycles. The highest BCUT2D eigenvalue weighted by Gasteiger charge is 2.53. The quantitative estimate of drug-likeness (QED) is 0.852. The van der Waals surface area contributed by atoms with Crippen LogP contribution in [0.15, 0.2) is 11.2 Å². The molecule has 0 spiro atoms. The first-order chi connectivity index (χ1) is 9.66. The van der Waals surface area contributed by atoms with E-state index < -0.39 is 36.6 Å². The largest absolute Gasteiger partial charge is 0.364 e. The lowest BCUT2D eigenvalue weighted by Crippen LogP contribution is -2.52. The molecule has 0 saturated heterocycles. The molecule has 1 N–H and O–H groups in total. The second kappa shape index (κ2) is 5.10. The first-order valence-electron chi connectivity index (χ1n) is 5.88. The Hall–Kier alpha value is -1.97. The van der Waals surface area contributed by atoms with Gasteiger partial charge in [-0.05, 0) is 13.0 Å². The smallest absolute Gasteiger partial charge is 0.295 e. The molecule has 0 bridgehead atoms. The van der Waals surface area contributed by atoms with Gasteiger partial charge in [0.15, 0.2) is 0 Å². The molecule has 0 unspecified atom stereocenters. The van der Waals surface area contributed by atoms with Crippen LogP contribution in [0.2, 0.25) is 0 Å². The van der Waals surface area contributed by atoms with Crippen LogP contribution < -0.4 is 0 Å². The molecule has 2 heterocycles. The molecule has 1 atom stereocenters. The van der Waals surface area contributed by atoms with Gasteiger partial charge in [-0.15, -0.1) is 0 Å². The third-order valence-corrected chi connectivity index (χ3v) is 3.05. The third kappa shape index (κ3) is 2.50. The van der Waals surface area contributed by atoms with E-state index in [2.05, 4.69) is 10.2 Å². The Bertz CT molecular complexity index is 601. The standard InChI is InChI=1S/C11H12F4N4O2/c1-5-3-7(18(2)16-5)9(20)19-11(21,10(14)15)4-6(17-19)8(12)13/h3,8,10,21H,4H2,1-2H3/t11-/m0/s1. The lowest BCUT2D eigenvalue weighted by Gasteiger charge is -2.29. The van der Waals surface area contributed by atoms with E-state index in [1.807, 2.05) is 0 Å². The monoisotopic (exact) mass is 308 g/mol. The van der Waals surface area contributed by atoms with Gasteiger partial charge in [-0.2, -0.15) is 15.2 Å². The summed E-state index contributed by atoms with van der Waals surface area (Å²) < 4.78 is 52.4. The number of nitrogens with zero attached hydrogens (tertiary/aromatic N) is 4. The number of aromatic nitrogens is 2. The summed E-state index contributed by atoms with van der Waals surface area (Å²) in [5, 5.41) is 16.9. The maximum Gasteiger partial charge on any atom is 0.295 e. The molecule has 0 aromatic carbocycles. The summed E-state index contributed by atoms with van der Waals surface area (Å²) in [7, 11) is 1.38. The van der Waals surface area contributed by atoms with Crippen LogP contribution in [0.5, 0.6) is 0 Å². The molecule has 0 fully saturated rings. The molecule has 0 saturated carbocycles. The fourth-order valence-corrected chi connectivity index (χ4v) is 2.02. The average molecular weight is 308 g/mol. The Morgan fingerprint density at radius 1 is 1.43 bits per heavy atom. The predicted octanol–water partition coefficient (Wildman–Crippen LogP) is 1.15. The van der Waals surface area contributed by atoms with Crippen molar-refractivity contribution in [3.05, 3.63) is 17.5 Å². The van der Waals surface area contributed by atoms with Crippen LogP contribution in [0.4, 0.5) is 17.6 Å². The number of hydrogen-bond donors (Lipinski definition) is 1. The number of carbonyl (C=O) groups is 1. The van der Waals surface area contributed by atoms with E-state index in [1.54, 1.807) is 6.92 Å². The van der Waals surface area contributed by atoms with Crippen LogP contribution in [-0.2, 0) is 7.05 Å². The van der Waals surface area contributed by atoms with Crippen LogP contribution >= 0.6 is 0 Å². The lowest BCUT2D eigenvalue weighted by atomic mass is 10.1. The van der Waals surface area contributed by atoms with Gasteiger partial charge in [0.25, 0.3) is 18.8 Å². The molecule has 1 aliphatic heterocycles. The molecule has 1 amide bonds. The number of carbonyl (C=O) groups excluding carboxylic acids is 1. The molecule has 10 heteroatoms. The number of halogens is 4. The van der Waals surface area contributed by atoms with Crippen LogP contribution in [0, 0.1) is 6.92 Å². The maximum atomic E-state index is 13.0. The second-order valence-corrected chi connectivity index (χ2v) is 4.66. The van der Waals surface area contributed by atoms with Crippen LogP contribution in [-0.4, -0.2) is 50.1 Å². The van der Waals surface area contributed by atoms with Crippen molar-refractivity contribution in [2.75, 3.05) is 0 Å². The molecular formula is C11H12F4N4O2. The molecule has 2 rings (SSSR count). The first-order valence-corrected chi connectivity index (χ1v) is 5.88. The van der Waals surface area contributed by atoms with E-state index in [0.717, 1.165) is 4.68 Å². The van der Waals surface area contributed by atoms with Crippen molar-refractivity contribution in [1.29, 1.82) is 0 Å². The zero-order valence-electron chi connectivity index (χ0n) is 11.1. The Labute approximate surface area is 116 Å². The van der Waals surface area contributed by atoms with E-state index >= 15 is 0 Å². The molecule has 6 nitrogen and oxygen atoms in total. The van der Waals surface area contributed by atoms with Gasteiger partial charge in [0.05, 0.1) is 5.69 Å². The molecule has 0 aliphatic carbocycles. The van der Waals surface area contributed by atoms with Crippen molar-refractivity contribution in [3.8, 4) is 0 Å². The van der Waals surface area contributed by atoms with Crippen molar-refractivity contribution in [2.45, 2.75) is 31.9 Å². The zero-order chi connectivity index (χ0) is 15.9. The highest BCUT2D eigenvalue weighted by atomic mass is 19.3. The van der Waals surface area contributed by atoms with E-state index in [-0.39, 0.29) is 10.7 Å². The van der Waals surface area contributed by atoms with Gasteiger partial charge in [0.2, 0.25) is 5.72 Å². The Morgan fingerprint density at radius 3 is 2.48 bits per heavy atom. The van der Waals surface area contributed by atoms with Crippen LogP contribution in [0.1, 0.15) is 22.6 Å². The van der Waals surface area contributed by atoms with Crippen molar-refractivity contribution in [1.82, 2.24) is 14.8 Å². The normalized spacial score (nSPS) is 22.3. The van der Waals surface area contributed by atoms with Crippen molar-refractivity contribution >= 4 is 11.6 Å². The number of rotatable bonds is 3. The maximum absolute atomic E-state index is 13.0. The lowest BCUT2D eigenvalue weighted by molar-refractivity contribution is -0.164. The first kappa shape index (κ1) is 15.4. The Balaban J connectivity index is 2.43. The number of alkyl halides is 4. The topological polar surface area (TPSA) is 70.7 Å². The second-order valence-electron chi connectivity index (χ2n) is 4.66. The molecule has 21 heavy (non-hydrogen) atoms. The summed E-state index contributed by atoms with van der Waals surface area (Å²) in [5.41, 5.74) is -3.77. The number of hydrogen-bond acceptors (Lipinski definition) is 4. The SMILES string of the molecule is Cc1cc(C(=O)N2N=C(C(F)F)C[C@]2(O)C(F)F)n(C)n1. The number of hydrazone groups is 1. The van der Waals surface area contributed by atoms with Crippen molar-refractivity contribution in [2.24, 2.45) is 12.1 Å². The summed E-state index contributed by atoms with van der Waals surface area (Å²) in [6.45, 7) is 1.56. The van der Waals surface area contributed by atoms with Gasteiger partial charge >= 0.3 is 0 Å². The minimum Gasteiger partial charge on any atom is -0.364 e. The number of amides is 1. The molecule has 1 aromatic rings. The van der Waals surface area contributed by atoms with E-state index in [9.17, 15) is 27.5 Å². The van der Waals surface area contributed by atoms with Gasteiger partial charge in [0.1, 0.15) is 11.4 Å². The summed E-state index contributed by atoms with van der Waals surface area (Å²) in [6, 6.07) is 1.28. The van der Waals surface area contributed by atoms with Crippen molar-refractivity contribution in [3.63, 3.8) is 0 Å². The van der Waals surface area contributed by atoms with Gasteiger partial charge in [-0.25, -0.2) is 17.6 Å². The minimum atomic E-state index is -3.45. The number of aliphatic hydroxyl groups is 1. The van der Waals surface area contributed by atoms with E-state index in [1.165, 1.54) is 13.1 Å². The molecular weight excluding hydrogens is 296 g/mol. The summed E-state index contributed by atoms with van der Waals surface area (Å²) in [6.07, 6.45) is -7.69. The van der Waals surface area contributed by atoms with Crippen LogP contribution in [0.3, 0.4) is 0 Å². The van der Waals surface area contributed by atoms with Crippen LogP contribution in [0.25, 0.3) is 0 Å². The van der Waals surface area contributed by atoms with Gasteiger partial charge < -0.3 is 5.11 Å². The van der Waals surface area contributed by atoms with Gasteiger partial charge in [0, 0.05) is 13.5 Å². The minimum absolute atomic E-state index is 0.00954. The highest BCUT2D eigenvalue weighted by Crippen LogP contribution is 2.34. The fourth-order valence-electron chi connectivity index (χ4n) is 2.02. The summed E-state index contributed by atoms with van der Waals surface area (Å²) >= 11 is 0. The Kier molecular flexibility index (Phi) is 3.74. The zero-order valence-corrected chi connectivity index (χ0v) is 11.1. The van der Waals surface area contributed by atoms with Gasteiger partial charge in [-0.3, -0.25) is 9.48 Å². The fraction of sp³-hybridized carbons (Fsp3) is 0.545. The van der Waals surface area contributed by atoms with Crippen molar-refractivity contribution < 1.29 is 27.5 Å². The molecule has 116 valence electrons. The summed E-state index contributed by atoms with van der Waals surface area (Å²) in [4.78, 5) is 12.2.